The number of halogens is 2. The van der Waals surface area contributed by atoms with E-state index in [0.717, 1.165) is 6.07 Å². The monoisotopic (exact) mass is 339 g/mol. The number of aliphatic carboxylic acids is 1. The quantitative estimate of drug-likeness (QED) is 0.895. The van der Waals surface area contributed by atoms with Crippen LogP contribution in [0.1, 0.15) is 33.4 Å². The highest BCUT2D eigenvalue weighted by atomic mass is 35.5. The molecule has 23 heavy (non-hydrogen) atoms. The molecular weight excluding hydrogens is 325 g/mol. The maximum atomic E-state index is 13.5. The van der Waals surface area contributed by atoms with Crippen LogP contribution >= 0.6 is 11.6 Å². The van der Waals surface area contributed by atoms with E-state index in [1.807, 2.05) is 0 Å². The van der Waals surface area contributed by atoms with Crippen molar-refractivity contribution in [1.29, 1.82) is 0 Å². The second-order valence-corrected chi connectivity index (χ2v) is 5.49. The summed E-state index contributed by atoms with van der Waals surface area (Å²) < 4.78 is 15.1. The Kier molecular flexibility index (Phi) is 4.70. The van der Waals surface area contributed by atoms with Gasteiger partial charge in [0.15, 0.2) is 6.04 Å². The van der Waals surface area contributed by atoms with Crippen molar-refractivity contribution in [2.75, 3.05) is 0 Å². The van der Waals surface area contributed by atoms with Crippen LogP contribution in [0.15, 0.2) is 18.2 Å². The van der Waals surface area contributed by atoms with Gasteiger partial charge in [-0.1, -0.05) is 17.7 Å². The van der Waals surface area contributed by atoms with E-state index in [2.05, 4.69) is 10.4 Å². The molecule has 1 aromatic carbocycles. The summed E-state index contributed by atoms with van der Waals surface area (Å²) in [6.07, 6.45) is 0. The molecule has 0 aliphatic heterocycles. The van der Waals surface area contributed by atoms with Gasteiger partial charge in [0.25, 0.3) is 5.91 Å². The van der Waals surface area contributed by atoms with Gasteiger partial charge in [0, 0.05) is 12.7 Å². The van der Waals surface area contributed by atoms with E-state index >= 15 is 0 Å². The van der Waals surface area contributed by atoms with Crippen molar-refractivity contribution in [3.05, 3.63) is 51.6 Å². The van der Waals surface area contributed by atoms with Crippen LogP contribution in [0, 0.1) is 19.7 Å². The molecule has 0 fully saturated rings. The van der Waals surface area contributed by atoms with Gasteiger partial charge in [-0.25, -0.2) is 9.18 Å². The first kappa shape index (κ1) is 17.0. The number of hydrogen-bond acceptors (Lipinski definition) is 3. The third-order valence-electron chi connectivity index (χ3n) is 3.54. The molecule has 122 valence electrons. The predicted octanol–water partition coefficient (Wildman–Crippen LogP) is 2.39. The summed E-state index contributed by atoms with van der Waals surface area (Å²) in [4.78, 5) is 23.8. The number of aryl methyl sites for hydroxylation is 2. The van der Waals surface area contributed by atoms with E-state index in [1.54, 1.807) is 20.9 Å². The van der Waals surface area contributed by atoms with Crippen molar-refractivity contribution in [3.63, 3.8) is 0 Å². The normalized spacial score (nSPS) is 12.0. The van der Waals surface area contributed by atoms with E-state index < -0.39 is 23.7 Å². The predicted molar refractivity (Wildman–Crippen MR) is 81.9 cm³/mol. The minimum Gasteiger partial charge on any atom is -0.479 e. The molecule has 1 unspecified atom stereocenters. The van der Waals surface area contributed by atoms with Crippen LogP contribution in [0.2, 0.25) is 5.02 Å². The lowest BCUT2D eigenvalue weighted by atomic mass is 10.1. The standard InChI is InChI=1S/C15H15ClFN3O3/c1-7-12(8(2)20(3)19-7)14(21)18-13(15(22)23)9-4-5-10(16)11(17)6-9/h4-6,13H,1-3H3,(H,18,21)(H,22,23). The second-order valence-electron chi connectivity index (χ2n) is 5.09. The Hall–Kier alpha value is -2.41. The van der Waals surface area contributed by atoms with E-state index in [0.29, 0.717) is 17.0 Å². The Morgan fingerprint density at radius 1 is 1.39 bits per heavy atom. The molecule has 0 saturated carbocycles. The number of hydrogen-bond donors (Lipinski definition) is 2. The van der Waals surface area contributed by atoms with Crippen molar-refractivity contribution in [2.24, 2.45) is 7.05 Å². The van der Waals surface area contributed by atoms with Gasteiger partial charge in [-0.3, -0.25) is 9.48 Å². The molecule has 0 aliphatic rings. The highest BCUT2D eigenvalue weighted by molar-refractivity contribution is 6.30. The molecule has 1 heterocycles. The zero-order chi connectivity index (χ0) is 17.3. The van der Waals surface area contributed by atoms with Crippen LogP contribution in [-0.4, -0.2) is 26.8 Å². The molecule has 1 amide bonds. The van der Waals surface area contributed by atoms with E-state index in [-0.39, 0.29) is 10.6 Å². The molecule has 0 saturated heterocycles. The number of nitrogens with zero attached hydrogens (tertiary/aromatic N) is 2. The summed E-state index contributed by atoms with van der Waals surface area (Å²) in [5, 5.41) is 15.7. The lowest BCUT2D eigenvalue weighted by Gasteiger charge is -2.15. The van der Waals surface area contributed by atoms with E-state index in [4.69, 9.17) is 11.6 Å². The molecule has 8 heteroatoms. The zero-order valence-corrected chi connectivity index (χ0v) is 13.5. The van der Waals surface area contributed by atoms with Gasteiger partial charge in [-0.2, -0.15) is 5.10 Å². The maximum Gasteiger partial charge on any atom is 0.330 e. The number of amides is 1. The number of benzene rings is 1. The van der Waals surface area contributed by atoms with Crippen LogP contribution < -0.4 is 5.32 Å². The second kappa shape index (κ2) is 6.37. The Bertz CT molecular complexity index is 789. The van der Waals surface area contributed by atoms with Gasteiger partial charge in [0.1, 0.15) is 5.82 Å². The molecule has 0 aliphatic carbocycles. The lowest BCUT2D eigenvalue weighted by molar-refractivity contribution is -0.139. The summed E-state index contributed by atoms with van der Waals surface area (Å²) in [5.74, 6) is -2.64. The number of carbonyl (C=O) groups is 2. The van der Waals surface area contributed by atoms with Gasteiger partial charge in [-0.15, -0.1) is 0 Å². The summed E-state index contributed by atoms with van der Waals surface area (Å²) in [7, 11) is 1.68. The largest absolute Gasteiger partial charge is 0.479 e. The fourth-order valence-corrected chi connectivity index (χ4v) is 2.40. The van der Waals surface area contributed by atoms with Gasteiger partial charge in [-0.05, 0) is 31.5 Å². The summed E-state index contributed by atoms with van der Waals surface area (Å²) >= 11 is 5.59. The van der Waals surface area contributed by atoms with Crippen LogP contribution in [-0.2, 0) is 11.8 Å². The number of rotatable bonds is 4. The topological polar surface area (TPSA) is 84.2 Å². The van der Waals surface area contributed by atoms with Crippen LogP contribution in [0.4, 0.5) is 4.39 Å². The highest BCUT2D eigenvalue weighted by Crippen LogP contribution is 2.22. The molecular formula is C15H15ClFN3O3. The van der Waals surface area contributed by atoms with Gasteiger partial charge >= 0.3 is 5.97 Å². The third-order valence-corrected chi connectivity index (χ3v) is 3.84. The van der Waals surface area contributed by atoms with Gasteiger partial charge < -0.3 is 10.4 Å². The number of nitrogens with one attached hydrogen (secondary N) is 1. The molecule has 0 spiro atoms. The molecule has 6 nitrogen and oxygen atoms in total. The first-order valence-corrected chi connectivity index (χ1v) is 7.09. The van der Waals surface area contributed by atoms with E-state index in [1.165, 1.54) is 16.8 Å². The van der Waals surface area contributed by atoms with Crippen LogP contribution in [0.3, 0.4) is 0 Å². The van der Waals surface area contributed by atoms with Gasteiger partial charge in [0.2, 0.25) is 0 Å². The fourth-order valence-electron chi connectivity index (χ4n) is 2.29. The van der Waals surface area contributed by atoms with Gasteiger partial charge in [0.05, 0.1) is 16.3 Å². The first-order chi connectivity index (χ1) is 10.7. The first-order valence-electron chi connectivity index (χ1n) is 6.71. The molecule has 1 atom stereocenters. The molecule has 2 aromatic rings. The SMILES string of the molecule is Cc1nn(C)c(C)c1C(=O)NC(C(=O)O)c1ccc(Cl)c(F)c1. The third kappa shape index (κ3) is 3.34. The minimum atomic E-state index is -1.40. The number of carboxylic acid groups (broad SMARTS) is 1. The van der Waals surface area contributed by atoms with Crippen molar-refractivity contribution in [3.8, 4) is 0 Å². The van der Waals surface area contributed by atoms with E-state index in [9.17, 15) is 19.1 Å². The Balaban J connectivity index is 2.34. The van der Waals surface area contributed by atoms with Crippen molar-refractivity contribution >= 4 is 23.5 Å². The molecule has 2 rings (SSSR count). The average molecular weight is 340 g/mol. The summed E-state index contributed by atoms with van der Waals surface area (Å²) in [6.45, 7) is 3.35. The summed E-state index contributed by atoms with van der Waals surface area (Å²) in [5.41, 5.74) is 1.47. The average Bonchev–Trinajstić information content (AvgIpc) is 2.72. The Morgan fingerprint density at radius 2 is 2.04 bits per heavy atom. The Morgan fingerprint density at radius 3 is 2.52 bits per heavy atom. The Labute approximate surface area is 136 Å². The number of aromatic nitrogens is 2. The zero-order valence-electron chi connectivity index (χ0n) is 12.7. The van der Waals surface area contributed by atoms with Crippen molar-refractivity contribution in [1.82, 2.24) is 15.1 Å². The lowest BCUT2D eigenvalue weighted by Crippen LogP contribution is -2.34. The highest BCUT2D eigenvalue weighted by Gasteiger charge is 2.26. The fraction of sp³-hybridized carbons (Fsp3) is 0.267. The van der Waals surface area contributed by atoms with Crippen molar-refractivity contribution < 1.29 is 19.1 Å². The van der Waals surface area contributed by atoms with Crippen molar-refractivity contribution in [2.45, 2.75) is 19.9 Å². The minimum absolute atomic E-state index is 0.0898. The molecule has 1 aromatic heterocycles. The molecule has 0 radical (unpaired) electrons. The molecule has 2 N–H and O–H groups in total. The van der Waals surface area contributed by atoms with Crippen LogP contribution in [0.5, 0.6) is 0 Å². The number of carboxylic acids is 1. The molecule has 0 bridgehead atoms. The summed E-state index contributed by atoms with van der Waals surface area (Å²) in [6, 6.07) is 2.19. The smallest absolute Gasteiger partial charge is 0.330 e. The number of carbonyl (C=O) groups excluding carboxylic acids is 1. The maximum absolute atomic E-state index is 13.5. The van der Waals surface area contributed by atoms with Crippen LogP contribution in [0.25, 0.3) is 0 Å².